The Morgan fingerprint density at radius 2 is 1.65 bits per heavy atom. The van der Waals surface area contributed by atoms with Crippen molar-refractivity contribution in [2.24, 2.45) is 34.5 Å². The maximum Gasteiger partial charge on any atom is 0.307 e. The lowest BCUT2D eigenvalue weighted by atomic mass is 9.52. The first-order valence-electron chi connectivity index (χ1n) is 9.14. The van der Waals surface area contributed by atoms with Gasteiger partial charge in [-0.2, -0.15) is 0 Å². The highest BCUT2D eigenvalue weighted by atomic mass is 16.4. The summed E-state index contributed by atoms with van der Waals surface area (Å²) in [7, 11) is 0. The molecule has 0 heterocycles. The van der Waals surface area contributed by atoms with Crippen LogP contribution in [0.3, 0.4) is 0 Å². The number of aliphatic hydroxyl groups excluding tert-OH is 1. The summed E-state index contributed by atoms with van der Waals surface area (Å²) in [5.41, 5.74) is -0.397. The molecule has 2 N–H and O–H groups in total. The molecule has 0 bridgehead atoms. The zero-order chi connectivity index (χ0) is 17.0. The number of carboxylic acid groups (broad SMARTS) is 1. The molecule has 0 aromatic heterocycles. The number of hydrogen-bond acceptors (Lipinski definition) is 3. The van der Waals surface area contributed by atoms with Crippen LogP contribution in [-0.2, 0) is 9.59 Å². The average Bonchev–Trinajstić information content (AvgIpc) is 2.78. The predicted molar refractivity (Wildman–Crippen MR) is 86.8 cm³/mol. The first-order valence-corrected chi connectivity index (χ1v) is 9.14. The van der Waals surface area contributed by atoms with Gasteiger partial charge in [0.15, 0.2) is 0 Å². The molecular weight excluding hydrogens is 292 g/mol. The van der Waals surface area contributed by atoms with E-state index >= 15 is 0 Å². The molecule has 130 valence electrons. The van der Waals surface area contributed by atoms with Crippen molar-refractivity contribution >= 4 is 11.8 Å². The van der Waals surface area contributed by atoms with Crippen molar-refractivity contribution in [1.29, 1.82) is 0 Å². The molecule has 3 fully saturated rings. The Morgan fingerprint density at radius 1 is 1.04 bits per heavy atom. The van der Waals surface area contributed by atoms with Gasteiger partial charge in [-0.3, -0.25) is 9.59 Å². The van der Waals surface area contributed by atoms with E-state index in [-0.39, 0.29) is 23.7 Å². The van der Waals surface area contributed by atoms with Gasteiger partial charge in [-0.05, 0) is 61.7 Å². The van der Waals surface area contributed by atoms with E-state index in [0.717, 1.165) is 25.7 Å². The minimum absolute atomic E-state index is 0.106. The van der Waals surface area contributed by atoms with Gasteiger partial charge in [0, 0.05) is 11.8 Å². The molecule has 3 saturated carbocycles. The lowest BCUT2D eigenvalue weighted by Crippen LogP contribution is -2.52. The molecule has 7 atom stereocenters. The number of ketones is 1. The molecule has 4 nitrogen and oxygen atoms in total. The second kappa shape index (κ2) is 5.58. The minimum Gasteiger partial charge on any atom is -0.481 e. The van der Waals surface area contributed by atoms with Crippen molar-refractivity contribution in [1.82, 2.24) is 0 Å². The number of fused-ring (bicyclic) bond motifs is 1. The summed E-state index contributed by atoms with van der Waals surface area (Å²) < 4.78 is 0. The molecule has 0 aliphatic heterocycles. The summed E-state index contributed by atoms with van der Waals surface area (Å²) in [6, 6.07) is 0. The number of rotatable bonds is 2. The van der Waals surface area contributed by atoms with Crippen LogP contribution in [0.5, 0.6) is 0 Å². The van der Waals surface area contributed by atoms with Crippen LogP contribution >= 0.6 is 0 Å². The first-order chi connectivity index (χ1) is 10.7. The van der Waals surface area contributed by atoms with Crippen LogP contribution in [0.2, 0.25) is 0 Å². The van der Waals surface area contributed by atoms with Crippen molar-refractivity contribution in [2.45, 2.75) is 71.8 Å². The third-order valence-electron chi connectivity index (χ3n) is 7.88. The van der Waals surface area contributed by atoms with Crippen molar-refractivity contribution in [3.8, 4) is 0 Å². The molecule has 0 spiro atoms. The third-order valence-corrected chi connectivity index (χ3v) is 7.88. The Bertz CT molecular complexity index is 515. The smallest absolute Gasteiger partial charge is 0.307 e. The van der Waals surface area contributed by atoms with Crippen LogP contribution < -0.4 is 0 Å². The number of hydrogen-bond donors (Lipinski definition) is 2. The lowest BCUT2D eigenvalue weighted by molar-refractivity contribution is -0.160. The number of carbonyl (C=O) groups excluding carboxylic acids is 1. The Labute approximate surface area is 138 Å². The van der Waals surface area contributed by atoms with Gasteiger partial charge in [-0.1, -0.05) is 20.8 Å². The highest BCUT2D eigenvalue weighted by Gasteiger charge is 2.58. The standard InChI is InChI=1S/C19H30O4/c1-11-4-5-13-16(21)14(7-9-18(11,13)2)19(3)8-6-12(20)10-15(19)17(22)23/h11-15,20H,4-10H2,1-3H3,(H,22,23). The van der Waals surface area contributed by atoms with Gasteiger partial charge < -0.3 is 10.2 Å². The zero-order valence-corrected chi connectivity index (χ0v) is 14.5. The highest BCUT2D eigenvalue weighted by molar-refractivity contribution is 5.87. The number of aliphatic hydroxyl groups is 1. The fourth-order valence-corrected chi connectivity index (χ4v) is 5.91. The quantitative estimate of drug-likeness (QED) is 0.818. The van der Waals surface area contributed by atoms with E-state index in [1.54, 1.807) is 0 Å². The van der Waals surface area contributed by atoms with E-state index in [9.17, 15) is 19.8 Å². The van der Waals surface area contributed by atoms with Crippen LogP contribution in [0.25, 0.3) is 0 Å². The maximum atomic E-state index is 13.3. The van der Waals surface area contributed by atoms with E-state index in [4.69, 9.17) is 0 Å². The van der Waals surface area contributed by atoms with Crippen molar-refractivity contribution in [3.63, 3.8) is 0 Å². The number of carboxylic acids is 1. The Hall–Kier alpha value is -0.900. The topological polar surface area (TPSA) is 74.6 Å². The normalized spacial score (nSPS) is 50.6. The molecule has 4 heteroatoms. The van der Waals surface area contributed by atoms with Crippen LogP contribution in [0.15, 0.2) is 0 Å². The molecule has 3 aliphatic rings. The van der Waals surface area contributed by atoms with E-state index in [1.165, 1.54) is 0 Å². The maximum absolute atomic E-state index is 13.3. The van der Waals surface area contributed by atoms with Crippen molar-refractivity contribution < 1.29 is 19.8 Å². The van der Waals surface area contributed by atoms with E-state index in [1.807, 2.05) is 6.92 Å². The van der Waals surface area contributed by atoms with Gasteiger partial charge in [-0.25, -0.2) is 0 Å². The van der Waals surface area contributed by atoms with Gasteiger partial charge in [-0.15, -0.1) is 0 Å². The highest BCUT2D eigenvalue weighted by Crippen LogP contribution is 2.59. The summed E-state index contributed by atoms with van der Waals surface area (Å²) in [5, 5.41) is 19.6. The molecule has 0 aromatic rings. The fourth-order valence-electron chi connectivity index (χ4n) is 5.91. The number of Topliss-reactive ketones (excluding diaryl/α,β-unsaturated/α-hetero) is 1. The number of aliphatic carboxylic acids is 1. The van der Waals surface area contributed by atoms with E-state index in [0.29, 0.717) is 24.5 Å². The summed E-state index contributed by atoms with van der Waals surface area (Å²) in [5.74, 6) is -0.619. The molecular formula is C19H30O4. The summed E-state index contributed by atoms with van der Waals surface area (Å²) in [4.78, 5) is 25.0. The zero-order valence-electron chi connectivity index (χ0n) is 14.5. The molecule has 3 aliphatic carbocycles. The van der Waals surface area contributed by atoms with E-state index < -0.39 is 23.4 Å². The Balaban J connectivity index is 1.89. The van der Waals surface area contributed by atoms with Gasteiger partial charge in [0.2, 0.25) is 0 Å². The van der Waals surface area contributed by atoms with Crippen LogP contribution in [0.4, 0.5) is 0 Å². The lowest BCUT2D eigenvalue weighted by Gasteiger charge is -2.51. The largest absolute Gasteiger partial charge is 0.481 e. The SMILES string of the molecule is CC1CCC2C(=O)C(C3(C)CCC(O)CC3C(=O)O)CCC12C. The molecule has 0 aromatic carbocycles. The predicted octanol–water partition coefficient (Wildman–Crippen LogP) is 3.27. The third kappa shape index (κ3) is 2.45. The molecule has 0 saturated heterocycles. The average molecular weight is 322 g/mol. The molecule has 0 amide bonds. The molecule has 23 heavy (non-hydrogen) atoms. The van der Waals surface area contributed by atoms with Crippen molar-refractivity contribution in [2.75, 3.05) is 0 Å². The first kappa shape index (κ1) is 16.9. The minimum atomic E-state index is -0.854. The van der Waals surface area contributed by atoms with Crippen LogP contribution in [0.1, 0.15) is 65.7 Å². The Morgan fingerprint density at radius 3 is 2.30 bits per heavy atom. The van der Waals surface area contributed by atoms with Gasteiger partial charge in [0.25, 0.3) is 0 Å². The molecule has 3 rings (SSSR count). The monoisotopic (exact) mass is 322 g/mol. The fraction of sp³-hybridized carbons (Fsp3) is 0.895. The van der Waals surface area contributed by atoms with Gasteiger partial charge >= 0.3 is 5.97 Å². The summed E-state index contributed by atoms with van der Waals surface area (Å²) >= 11 is 0. The van der Waals surface area contributed by atoms with E-state index in [2.05, 4.69) is 13.8 Å². The second-order valence-corrected chi connectivity index (χ2v) is 8.86. The summed E-state index contributed by atoms with van der Waals surface area (Å²) in [6.45, 7) is 6.50. The number of carbonyl (C=O) groups is 2. The van der Waals surface area contributed by atoms with Gasteiger partial charge in [0.1, 0.15) is 5.78 Å². The van der Waals surface area contributed by atoms with Crippen LogP contribution in [-0.4, -0.2) is 28.1 Å². The summed E-state index contributed by atoms with van der Waals surface area (Å²) in [6.07, 6.45) is 4.91. The second-order valence-electron chi connectivity index (χ2n) is 8.86. The van der Waals surface area contributed by atoms with Crippen molar-refractivity contribution in [3.05, 3.63) is 0 Å². The van der Waals surface area contributed by atoms with Gasteiger partial charge in [0.05, 0.1) is 12.0 Å². The molecule has 7 unspecified atom stereocenters. The molecule has 0 radical (unpaired) electrons. The Kier molecular flexibility index (Phi) is 4.11. The van der Waals surface area contributed by atoms with Crippen LogP contribution in [0, 0.1) is 34.5 Å².